The minimum Gasteiger partial charge on any atom is -0.372 e. The molecule has 3 nitrogen and oxygen atoms in total. The Morgan fingerprint density at radius 3 is 2.35 bits per heavy atom. The maximum atomic E-state index is 5.92. The normalized spacial score (nSPS) is 41.8. The van der Waals surface area contributed by atoms with Gasteiger partial charge >= 0.3 is 0 Å². The summed E-state index contributed by atoms with van der Waals surface area (Å²) in [7, 11) is 0. The van der Waals surface area contributed by atoms with Crippen LogP contribution < -0.4 is 5.32 Å². The van der Waals surface area contributed by atoms with Crippen molar-refractivity contribution in [2.75, 3.05) is 19.6 Å². The van der Waals surface area contributed by atoms with E-state index in [1.807, 2.05) is 0 Å². The summed E-state index contributed by atoms with van der Waals surface area (Å²) < 4.78 is 5.92. The summed E-state index contributed by atoms with van der Waals surface area (Å²) in [6.45, 7) is 8.07. The topological polar surface area (TPSA) is 24.5 Å². The zero-order valence-corrected chi connectivity index (χ0v) is 11.2. The smallest absolute Gasteiger partial charge is 0.0707 e. The van der Waals surface area contributed by atoms with Gasteiger partial charge in [-0.1, -0.05) is 13.8 Å². The number of nitrogens with one attached hydrogen (secondary N) is 1. The first-order chi connectivity index (χ1) is 8.22. The molecule has 3 heteroatoms. The second kappa shape index (κ2) is 4.87. The third kappa shape index (κ3) is 2.51. The number of rotatable bonds is 4. The third-order valence-electron chi connectivity index (χ3n) is 4.71. The molecule has 2 saturated heterocycles. The highest BCUT2D eigenvalue weighted by Gasteiger charge is 2.41. The van der Waals surface area contributed by atoms with E-state index in [0.29, 0.717) is 18.2 Å². The summed E-state index contributed by atoms with van der Waals surface area (Å²) in [6, 6.07) is 1.46. The Hall–Kier alpha value is -0.120. The van der Waals surface area contributed by atoms with Gasteiger partial charge in [-0.05, 0) is 38.1 Å². The molecular formula is C14H26N2O. The third-order valence-corrected chi connectivity index (χ3v) is 4.71. The standard InChI is InChI=1S/C14H26N2O/c1-10(2)15-7-11-3-6-14(11)16-8-12-4-5-13(9-16)17-12/h10-15H,3-9H2,1-2H3. The van der Waals surface area contributed by atoms with Gasteiger partial charge in [0.05, 0.1) is 12.2 Å². The number of morpholine rings is 1. The van der Waals surface area contributed by atoms with E-state index in [1.54, 1.807) is 0 Å². The van der Waals surface area contributed by atoms with Crippen molar-refractivity contribution >= 4 is 0 Å². The van der Waals surface area contributed by atoms with Gasteiger partial charge in [0.25, 0.3) is 0 Å². The molecule has 2 heterocycles. The monoisotopic (exact) mass is 238 g/mol. The van der Waals surface area contributed by atoms with Gasteiger partial charge in [0.1, 0.15) is 0 Å². The fourth-order valence-electron chi connectivity index (χ4n) is 3.57. The van der Waals surface area contributed by atoms with Crippen molar-refractivity contribution in [2.24, 2.45) is 5.92 Å². The molecule has 98 valence electrons. The minimum absolute atomic E-state index is 0.549. The van der Waals surface area contributed by atoms with Crippen LogP contribution in [0.3, 0.4) is 0 Å². The Labute approximate surface area is 105 Å². The predicted molar refractivity (Wildman–Crippen MR) is 69.1 cm³/mol. The maximum Gasteiger partial charge on any atom is 0.0707 e. The number of likely N-dealkylation sites (tertiary alicyclic amines) is 1. The summed E-state index contributed by atoms with van der Waals surface area (Å²) in [5, 5.41) is 3.60. The van der Waals surface area contributed by atoms with Gasteiger partial charge in [-0.2, -0.15) is 0 Å². The van der Waals surface area contributed by atoms with Crippen LogP contribution in [0, 0.1) is 5.92 Å². The average Bonchev–Trinajstić information content (AvgIpc) is 2.56. The van der Waals surface area contributed by atoms with E-state index in [9.17, 15) is 0 Å². The van der Waals surface area contributed by atoms with Crippen LogP contribution in [0.2, 0.25) is 0 Å². The van der Waals surface area contributed by atoms with Crippen molar-refractivity contribution in [3.8, 4) is 0 Å². The summed E-state index contributed by atoms with van der Waals surface area (Å²) >= 11 is 0. The Kier molecular flexibility index (Phi) is 3.42. The lowest BCUT2D eigenvalue weighted by atomic mass is 9.78. The van der Waals surface area contributed by atoms with Crippen LogP contribution in [0.5, 0.6) is 0 Å². The molecule has 0 aromatic rings. The lowest BCUT2D eigenvalue weighted by molar-refractivity contribution is -0.0776. The van der Waals surface area contributed by atoms with Crippen LogP contribution in [-0.4, -0.2) is 48.8 Å². The van der Waals surface area contributed by atoms with Gasteiger partial charge in [0, 0.05) is 25.2 Å². The maximum absolute atomic E-state index is 5.92. The van der Waals surface area contributed by atoms with Crippen LogP contribution in [0.4, 0.5) is 0 Å². The van der Waals surface area contributed by atoms with E-state index in [1.165, 1.54) is 45.3 Å². The van der Waals surface area contributed by atoms with Gasteiger partial charge < -0.3 is 10.1 Å². The number of fused-ring (bicyclic) bond motifs is 2. The highest BCUT2D eigenvalue weighted by Crippen LogP contribution is 2.36. The van der Waals surface area contributed by atoms with Crippen LogP contribution in [-0.2, 0) is 4.74 Å². The van der Waals surface area contributed by atoms with Crippen molar-refractivity contribution in [1.82, 2.24) is 10.2 Å². The molecule has 17 heavy (non-hydrogen) atoms. The molecule has 0 aromatic heterocycles. The second-order valence-electron chi connectivity index (χ2n) is 6.38. The molecule has 0 aromatic carbocycles. The van der Waals surface area contributed by atoms with E-state index in [-0.39, 0.29) is 0 Å². The Morgan fingerprint density at radius 1 is 1.12 bits per heavy atom. The van der Waals surface area contributed by atoms with Gasteiger partial charge in [-0.25, -0.2) is 0 Å². The summed E-state index contributed by atoms with van der Waals surface area (Å²) in [5.74, 6) is 0.884. The summed E-state index contributed by atoms with van der Waals surface area (Å²) in [4.78, 5) is 2.72. The Bertz CT molecular complexity index is 257. The molecule has 1 saturated carbocycles. The molecule has 1 aliphatic carbocycles. The molecule has 0 radical (unpaired) electrons. The molecule has 3 fully saturated rings. The van der Waals surface area contributed by atoms with E-state index in [4.69, 9.17) is 4.74 Å². The number of ether oxygens (including phenoxy) is 1. The molecule has 0 amide bonds. The largest absolute Gasteiger partial charge is 0.372 e. The van der Waals surface area contributed by atoms with Crippen LogP contribution >= 0.6 is 0 Å². The van der Waals surface area contributed by atoms with E-state index in [2.05, 4.69) is 24.1 Å². The molecule has 0 spiro atoms. The van der Waals surface area contributed by atoms with Gasteiger partial charge in [-0.15, -0.1) is 0 Å². The molecule has 2 aliphatic heterocycles. The van der Waals surface area contributed by atoms with Gasteiger partial charge in [0.15, 0.2) is 0 Å². The van der Waals surface area contributed by atoms with Crippen molar-refractivity contribution in [2.45, 2.75) is 63.8 Å². The summed E-state index contributed by atoms with van der Waals surface area (Å²) in [6.07, 6.45) is 6.51. The first-order valence-corrected chi connectivity index (χ1v) is 7.35. The zero-order valence-electron chi connectivity index (χ0n) is 11.2. The van der Waals surface area contributed by atoms with Crippen molar-refractivity contribution in [3.63, 3.8) is 0 Å². The molecule has 4 unspecified atom stereocenters. The first kappa shape index (κ1) is 11.9. The Morgan fingerprint density at radius 2 is 1.82 bits per heavy atom. The summed E-state index contributed by atoms with van der Waals surface area (Å²) in [5.41, 5.74) is 0. The van der Waals surface area contributed by atoms with Crippen molar-refractivity contribution in [3.05, 3.63) is 0 Å². The van der Waals surface area contributed by atoms with Crippen LogP contribution in [0.25, 0.3) is 0 Å². The van der Waals surface area contributed by atoms with Gasteiger partial charge in [-0.3, -0.25) is 4.90 Å². The van der Waals surface area contributed by atoms with Gasteiger partial charge in [0.2, 0.25) is 0 Å². The molecule has 1 N–H and O–H groups in total. The number of nitrogens with zero attached hydrogens (tertiary/aromatic N) is 1. The van der Waals surface area contributed by atoms with E-state index < -0.39 is 0 Å². The minimum atomic E-state index is 0.549. The number of hydrogen-bond acceptors (Lipinski definition) is 3. The van der Waals surface area contributed by atoms with Crippen molar-refractivity contribution < 1.29 is 4.74 Å². The highest BCUT2D eigenvalue weighted by atomic mass is 16.5. The lowest BCUT2D eigenvalue weighted by Gasteiger charge is -2.47. The van der Waals surface area contributed by atoms with Crippen LogP contribution in [0.15, 0.2) is 0 Å². The molecule has 3 rings (SSSR count). The van der Waals surface area contributed by atoms with Crippen LogP contribution in [0.1, 0.15) is 39.5 Å². The molecular weight excluding hydrogens is 212 g/mol. The quantitative estimate of drug-likeness (QED) is 0.805. The zero-order chi connectivity index (χ0) is 11.8. The Balaban J connectivity index is 1.51. The molecule has 4 atom stereocenters. The lowest BCUT2D eigenvalue weighted by Crippen LogP contribution is -2.56. The first-order valence-electron chi connectivity index (χ1n) is 7.35. The number of hydrogen-bond donors (Lipinski definition) is 1. The SMILES string of the molecule is CC(C)NCC1CCC1N1CC2CCC(C1)O2. The fourth-order valence-corrected chi connectivity index (χ4v) is 3.57. The molecule has 3 aliphatic rings. The average molecular weight is 238 g/mol. The molecule has 2 bridgehead atoms. The fraction of sp³-hybridized carbons (Fsp3) is 1.00. The van der Waals surface area contributed by atoms with Crippen molar-refractivity contribution in [1.29, 1.82) is 0 Å². The van der Waals surface area contributed by atoms with E-state index in [0.717, 1.165) is 12.0 Å². The second-order valence-corrected chi connectivity index (χ2v) is 6.38. The highest BCUT2D eigenvalue weighted by molar-refractivity contribution is 4.95. The van der Waals surface area contributed by atoms with E-state index >= 15 is 0 Å². The predicted octanol–water partition coefficient (Wildman–Crippen LogP) is 1.63.